The number of methoxy groups -OCH3 is 1. The fourth-order valence-electron chi connectivity index (χ4n) is 3.67. The largest absolute Gasteiger partial charge is 0.467 e. The first-order chi connectivity index (χ1) is 10.6. The van der Waals surface area contributed by atoms with E-state index in [-0.39, 0.29) is 18.1 Å². The minimum absolute atomic E-state index is 0.0496. The van der Waals surface area contributed by atoms with Crippen LogP contribution in [0.3, 0.4) is 0 Å². The lowest BCUT2D eigenvalue weighted by atomic mass is 9.86. The lowest BCUT2D eigenvalue weighted by Gasteiger charge is -2.30. The van der Waals surface area contributed by atoms with Crippen LogP contribution in [0.1, 0.15) is 37.8 Å². The van der Waals surface area contributed by atoms with Crippen LogP contribution < -0.4 is 5.32 Å². The van der Waals surface area contributed by atoms with Gasteiger partial charge in [-0.05, 0) is 40.9 Å². The molecular weight excluding hydrogens is 348 g/mol. The molecule has 6 heteroatoms. The van der Waals surface area contributed by atoms with E-state index in [1.165, 1.54) is 20.0 Å². The van der Waals surface area contributed by atoms with E-state index in [0.717, 1.165) is 29.4 Å². The molecule has 1 aromatic heterocycles. The third-order valence-corrected chi connectivity index (χ3v) is 5.29. The number of nitrogens with zero attached hydrogens (tertiary/aromatic N) is 1. The summed E-state index contributed by atoms with van der Waals surface area (Å²) in [6, 6.07) is 3.93. The maximum atomic E-state index is 11.5. The number of rotatable bonds is 4. The molecule has 1 saturated heterocycles. The molecule has 2 aliphatic rings. The van der Waals surface area contributed by atoms with Gasteiger partial charge in [0.1, 0.15) is 12.2 Å². The quantitative estimate of drug-likeness (QED) is 0.827. The van der Waals surface area contributed by atoms with Crippen LogP contribution >= 0.6 is 15.9 Å². The van der Waals surface area contributed by atoms with Crippen LogP contribution in [0.25, 0.3) is 0 Å². The number of aromatic nitrogens is 1. The first-order valence-corrected chi connectivity index (χ1v) is 8.45. The van der Waals surface area contributed by atoms with Crippen molar-refractivity contribution in [1.29, 1.82) is 0 Å². The van der Waals surface area contributed by atoms with Crippen molar-refractivity contribution in [3.8, 4) is 0 Å². The monoisotopic (exact) mass is 368 g/mol. The van der Waals surface area contributed by atoms with E-state index in [0.29, 0.717) is 6.54 Å². The summed E-state index contributed by atoms with van der Waals surface area (Å²) >= 11 is 3.41. The molecule has 1 aromatic rings. The SMILES string of the molecule is COC(=O)COC1(c2ccc(Br)cn2)CNC2(CCCC2)C1. The number of esters is 1. The van der Waals surface area contributed by atoms with Crippen LogP contribution in [0, 0.1) is 0 Å². The van der Waals surface area contributed by atoms with Gasteiger partial charge in [0.25, 0.3) is 0 Å². The van der Waals surface area contributed by atoms with Gasteiger partial charge in [0.05, 0.1) is 12.8 Å². The van der Waals surface area contributed by atoms with Crippen molar-refractivity contribution in [3.05, 3.63) is 28.5 Å². The maximum Gasteiger partial charge on any atom is 0.331 e. The Morgan fingerprint density at radius 2 is 2.18 bits per heavy atom. The minimum Gasteiger partial charge on any atom is -0.467 e. The summed E-state index contributed by atoms with van der Waals surface area (Å²) in [6.07, 6.45) is 7.44. The average molecular weight is 369 g/mol. The molecule has 120 valence electrons. The summed E-state index contributed by atoms with van der Waals surface area (Å²) in [6.45, 7) is 0.630. The third kappa shape index (κ3) is 3.05. The Labute approximate surface area is 138 Å². The molecule has 1 atom stereocenters. The lowest BCUT2D eigenvalue weighted by molar-refractivity contribution is -0.153. The number of carbonyl (C=O) groups excluding carboxylic acids is 1. The number of hydrogen-bond acceptors (Lipinski definition) is 5. The van der Waals surface area contributed by atoms with Crippen molar-refractivity contribution in [2.24, 2.45) is 0 Å². The molecule has 1 aliphatic heterocycles. The topological polar surface area (TPSA) is 60.5 Å². The van der Waals surface area contributed by atoms with Gasteiger partial charge in [0, 0.05) is 29.2 Å². The van der Waals surface area contributed by atoms with Crippen LogP contribution in [-0.4, -0.2) is 36.8 Å². The number of pyridine rings is 1. The Kier molecular flexibility index (Phi) is 4.52. The van der Waals surface area contributed by atoms with Gasteiger partial charge in [0.2, 0.25) is 0 Å². The summed E-state index contributed by atoms with van der Waals surface area (Å²) in [5.74, 6) is -0.358. The lowest BCUT2D eigenvalue weighted by Crippen LogP contribution is -2.36. The van der Waals surface area contributed by atoms with Gasteiger partial charge >= 0.3 is 5.97 Å². The average Bonchev–Trinajstić information content (AvgIpc) is 3.14. The van der Waals surface area contributed by atoms with E-state index in [9.17, 15) is 4.79 Å². The van der Waals surface area contributed by atoms with Gasteiger partial charge in [-0.25, -0.2) is 4.79 Å². The smallest absolute Gasteiger partial charge is 0.331 e. The van der Waals surface area contributed by atoms with E-state index in [1.54, 1.807) is 6.20 Å². The molecule has 1 N–H and O–H groups in total. The van der Waals surface area contributed by atoms with E-state index < -0.39 is 5.60 Å². The second-order valence-electron chi connectivity index (χ2n) is 6.24. The van der Waals surface area contributed by atoms with Crippen LogP contribution in [-0.2, 0) is 19.9 Å². The Morgan fingerprint density at radius 3 is 2.82 bits per heavy atom. The first-order valence-electron chi connectivity index (χ1n) is 7.65. The van der Waals surface area contributed by atoms with Crippen LogP contribution in [0.5, 0.6) is 0 Å². The van der Waals surface area contributed by atoms with E-state index in [1.807, 2.05) is 12.1 Å². The molecule has 2 heterocycles. The van der Waals surface area contributed by atoms with Crippen molar-refractivity contribution in [1.82, 2.24) is 10.3 Å². The molecular formula is C16H21BrN2O3. The molecule has 22 heavy (non-hydrogen) atoms. The zero-order chi connectivity index (χ0) is 15.6. The predicted octanol–water partition coefficient (Wildman–Crippen LogP) is 2.54. The first kappa shape index (κ1) is 15.9. The number of hydrogen-bond donors (Lipinski definition) is 1. The Bertz CT molecular complexity index is 543. The summed E-state index contributed by atoms with van der Waals surface area (Å²) in [5, 5.41) is 3.65. The molecule has 0 radical (unpaired) electrons. The number of ether oxygens (including phenoxy) is 2. The van der Waals surface area contributed by atoms with Gasteiger partial charge in [-0.1, -0.05) is 12.8 Å². The van der Waals surface area contributed by atoms with Crippen LogP contribution in [0.4, 0.5) is 0 Å². The van der Waals surface area contributed by atoms with E-state index >= 15 is 0 Å². The van der Waals surface area contributed by atoms with Crippen molar-refractivity contribution in [2.45, 2.75) is 43.2 Å². The molecule has 3 rings (SSSR count). The number of carbonyl (C=O) groups is 1. The molecule has 2 fully saturated rings. The molecule has 1 saturated carbocycles. The molecule has 5 nitrogen and oxygen atoms in total. The fourth-order valence-corrected chi connectivity index (χ4v) is 3.90. The van der Waals surface area contributed by atoms with Crippen LogP contribution in [0.15, 0.2) is 22.8 Å². The summed E-state index contributed by atoms with van der Waals surface area (Å²) in [5.41, 5.74) is 0.445. The Morgan fingerprint density at radius 1 is 1.41 bits per heavy atom. The summed E-state index contributed by atoms with van der Waals surface area (Å²) in [7, 11) is 1.38. The second kappa shape index (κ2) is 6.26. The minimum atomic E-state index is -0.556. The molecule has 0 amide bonds. The Hall–Kier alpha value is -0.980. The van der Waals surface area contributed by atoms with Gasteiger partial charge in [-0.15, -0.1) is 0 Å². The summed E-state index contributed by atoms with van der Waals surface area (Å²) < 4.78 is 11.7. The zero-order valence-electron chi connectivity index (χ0n) is 12.7. The highest BCUT2D eigenvalue weighted by atomic mass is 79.9. The van der Waals surface area contributed by atoms with E-state index in [4.69, 9.17) is 9.47 Å². The Balaban J connectivity index is 1.85. The van der Waals surface area contributed by atoms with Crippen molar-refractivity contribution >= 4 is 21.9 Å². The van der Waals surface area contributed by atoms with Gasteiger partial charge in [-0.3, -0.25) is 4.98 Å². The standard InChI is InChI=1S/C16H21BrN2O3/c1-21-14(20)9-22-16(13-5-4-12(17)8-18-13)10-15(19-11-16)6-2-3-7-15/h4-5,8,19H,2-3,6-7,9-11H2,1H3. The highest BCUT2D eigenvalue weighted by Crippen LogP contribution is 2.46. The van der Waals surface area contributed by atoms with Crippen molar-refractivity contribution < 1.29 is 14.3 Å². The predicted molar refractivity (Wildman–Crippen MR) is 85.4 cm³/mol. The fraction of sp³-hybridized carbons (Fsp3) is 0.625. The zero-order valence-corrected chi connectivity index (χ0v) is 14.3. The van der Waals surface area contributed by atoms with Gasteiger partial charge in [0.15, 0.2) is 0 Å². The number of halogens is 1. The van der Waals surface area contributed by atoms with Crippen molar-refractivity contribution in [2.75, 3.05) is 20.3 Å². The number of nitrogens with one attached hydrogen (secondary N) is 1. The van der Waals surface area contributed by atoms with E-state index in [2.05, 4.69) is 26.2 Å². The third-order valence-electron chi connectivity index (χ3n) is 4.82. The normalized spacial score (nSPS) is 26.5. The highest BCUT2D eigenvalue weighted by Gasteiger charge is 2.51. The molecule has 0 bridgehead atoms. The maximum absolute atomic E-state index is 11.5. The molecule has 1 aliphatic carbocycles. The van der Waals surface area contributed by atoms with Crippen LogP contribution in [0.2, 0.25) is 0 Å². The summed E-state index contributed by atoms with van der Waals surface area (Å²) in [4.78, 5) is 16.0. The van der Waals surface area contributed by atoms with Gasteiger partial charge in [-0.2, -0.15) is 0 Å². The van der Waals surface area contributed by atoms with Gasteiger partial charge < -0.3 is 14.8 Å². The highest BCUT2D eigenvalue weighted by molar-refractivity contribution is 9.10. The second-order valence-corrected chi connectivity index (χ2v) is 7.15. The molecule has 1 spiro atoms. The van der Waals surface area contributed by atoms with Crippen molar-refractivity contribution in [3.63, 3.8) is 0 Å². The molecule has 1 unspecified atom stereocenters. The molecule has 0 aromatic carbocycles.